The molecule has 19 heavy (non-hydrogen) atoms. The van der Waals surface area contributed by atoms with Gasteiger partial charge in [0.1, 0.15) is 0 Å². The van der Waals surface area contributed by atoms with Gasteiger partial charge in [-0.1, -0.05) is 18.2 Å². The fraction of sp³-hybridized carbons (Fsp3) is 0.538. The first-order valence-electron chi connectivity index (χ1n) is 6.45. The molecule has 1 aromatic carbocycles. The average molecular weight is 282 g/mol. The lowest BCUT2D eigenvalue weighted by molar-refractivity contribution is 0.177. The minimum atomic E-state index is -3.15. The highest BCUT2D eigenvalue weighted by Crippen LogP contribution is 2.31. The van der Waals surface area contributed by atoms with Crippen molar-refractivity contribution in [1.29, 1.82) is 0 Å². The molecule has 0 aliphatic carbocycles. The van der Waals surface area contributed by atoms with Crippen LogP contribution in [0.1, 0.15) is 5.56 Å². The summed E-state index contributed by atoms with van der Waals surface area (Å²) in [6.07, 6.45) is -0.0363. The first kappa shape index (κ1) is 12.9. The predicted octanol–water partition coefficient (Wildman–Crippen LogP) is -0.466. The number of fused-ring (bicyclic) bond motifs is 1. The first-order chi connectivity index (χ1) is 8.96. The van der Waals surface area contributed by atoms with Crippen molar-refractivity contribution in [2.24, 2.45) is 5.73 Å². The van der Waals surface area contributed by atoms with Crippen molar-refractivity contribution in [2.75, 3.05) is 23.0 Å². The Kier molecular flexibility index (Phi) is 3.03. The third kappa shape index (κ3) is 2.35. The van der Waals surface area contributed by atoms with Crippen LogP contribution in [0.15, 0.2) is 24.3 Å². The number of nitrogens with zero attached hydrogens (tertiary/aromatic N) is 1. The highest BCUT2D eigenvalue weighted by molar-refractivity contribution is 7.91. The van der Waals surface area contributed by atoms with Crippen molar-refractivity contribution in [2.45, 2.75) is 24.6 Å². The van der Waals surface area contributed by atoms with Gasteiger partial charge < -0.3 is 15.7 Å². The van der Waals surface area contributed by atoms with E-state index >= 15 is 0 Å². The molecule has 1 fully saturated rings. The minimum Gasteiger partial charge on any atom is -0.390 e. The van der Waals surface area contributed by atoms with Gasteiger partial charge in [-0.3, -0.25) is 0 Å². The van der Waals surface area contributed by atoms with Crippen molar-refractivity contribution in [1.82, 2.24) is 0 Å². The number of sulfone groups is 1. The lowest BCUT2D eigenvalue weighted by Crippen LogP contribution is -2.52. The van der Waals surface area contributed by atoms with Gasteiger partial charge >= 0.3 is 0 Å². The summed E-state index contributed by atoms with van der Waals surface area (Å²) in [5.74, 6) is -0.138. The summed E-state index contributed by atoms with van der Waals surface area (Å²) < 4.78 is 23.3. The van der Waals surface area contributed by atoms with Crippen molar-refractivity contribution < 1.29 is 13.5 Å². The van der Waals surface area contributed by atoms with Crippen LogP contribution in [0.5, 0.6) is 0 Å². The lowest BCUT2D eigenvalue weighted by Gasteiger charge is -2.39. The Morgan fingerprint density at radius 1 is 1.26 bits per heavy atom. The van der Waals surface area contributed by atoms with E-state index in [2.05, 4.69) is 0 Å². The zero-order valence-corrected chi connectivity index (χ0v) is 11.4. The highest BCUT2D eigenvalue weighted by atomic mass is 32.2. The quantitative estimate of drug-likeness (QED) is 0.728. The Bertz CT molecular complexity index is 587. The van der Waals surface area contributed by atoms with E-state index in [1.807, 2.05) is 29.2 Å². The van der Waals surface area contributed by atoms with Gasteiger partial charge in [-0.2, -0.15) is 0 Å². The molecule has 1 saturated heterocycles. The number of nitrogens with two attached hydrogens (primary N) is 1. The molecular weight excluding hydrogens is 264 g/mol. The van der Waals surface area contributed by atoms with Gasteiger partial charge in [0.05, 0.1) is 23.7 Å². The van der Waals surface area contributed by atoms with E-state index in [4.69, 9.17) is 5.73 Å². The summed E-state index contributed by atoms with van der Waals surface area (Å²) in [7, 11) is -3.15. The standard InChI is InChI=1S/C13H18N2O3S/c14-10-5-9-3-1-2-4-11(9)15(6-10)12-7-19(17,18)8-13(12)16/h1-4,10,12-13,16H,5-8,14H2. The Morgan fingerprint density at radius 2 is 2.00 bits per heavy atom. The van der Waals surface area contributed by atoms with E-state index in [0.717, 1.165) is 17.7 Å². The molecule has 6 heteroatoms. The summed E-state index contributed by atoms with van der Waals surface area (Å²) in [5.41, 5.74) is 8.18. The van der Waals surface area contributed by atoms with Crippen molar-refractivity contribution in [3.8, 4) is 0 Å². The molecule has 5 nitrogen and oxygen atoms in total. The molecule has 0 bridgehead atoms. The van der Waals surface area contributed by atoms with Crippen molar-refractivity contribution in [3.63, 3.8) is 0 Å². The molecule has 104 valence electrons. The second-order valence-electron chi connectivity index (χ2n) is 5.46. The third-order valence-corrected chi connectivity index (χ3v) is 5.61. The molecule has 2 aliphatic heterocycles. The highest BCUT2D eigenvalue weighted by Gasteiger charge is 2.41. The monoisotopic (exact) mass is 282 g/mol. The van der Waals surface area contributed by atoms with Crippen molar-refractivity contribution in [3.05, 3.63) is 29.8 Å². The van der Waals surface area contributed by atoms with Crippen molar-refractivity contribution >= 4 is 15.5 Å². The normalized spacial score (nSPS) is 33.2. The van der Waals surface area contributed by atoms with Crippen LogP contribution in [0.2, 0.25) is 0 Å². The van der Waals surface area contributed by atoms with Gasteiger partial charge in [-0.25, -0.2) is 8.42 Å². The van der Waals surface area contributed by atoms with E-state index in [1.54, 1.807) is 0 Å². The summed E-state index contributed by atoms with van der Waals surface area (Å²) in [6.45, 7) is 0.592. The SMILES string of the molecule is NC1Cc2ccccc2N(C2CS(=O)(=O)CC2O)C1. The Hall–Kier alpha value is -1.11. The third-order valence-electron chi connectivity index (χ3n) is 3.91. The Morgan fingerprint density at radius 3 is 2.68 bits per heavy atom. The van der Waals surface area contributed by atoms with Crippen LogP contribution >= 0.6 is 0 Å². The van der Waals surface area contributed by atoms with Crippen LogP contribution in [-0.4, -0.2) is 49.8 Å². The number of para-hydroxylation sites is 1. The molecule has 0 radical (unpaired) electrons. The molecular formula is C13H18N2O3S. The van der Waals surface area contributed by atoms with E-state index < -0.39 is 15.9 Å². The number of rotatable bonds is 1. The van der Waals surface area contributed by atoms with Gasteiger partial charge in [0.15, 0.2) is 9.84 Å². The Balaban J connectivity index is 1.97. The summed E-state index contributed by atoms with van der Waals surface area (Å²) >= 11 is 0. The molecule has 3 N–H and O–H groups in total. The number of hydrogen-bond acceptors (Lipinski definition) is 5. The molecule has 0 aromatic heterocycles. The number of aliphatic hydroxyl groups excluding tert-OH is 1. The molecule has 3 unspecified atom stereocenters. The fourth-order valence-electron chi connectivity index (χ4n) is 3.08. The maximum atomic E-state index is 11.7. The van der Waals surface area contributed by atoms with E-state index in [-0.39, 0.29) is 23.6 Å². The molecule has 0 amide bonds. The van der Waals surface area contributed by atoms with Crippen LogP contribution in [-0.2, 0) is 16.3 Å². The van der Waals surface area contributed by atoms with Gasteiger partial charge in [0, 0.05) is 18.3 Å². The first-order valence-corrected chi connectivity index (χ1v) is 8.27. The largest absolute Gasteiger partial charge is 0.390 e. The number of hydrogen-bond donors (Lipinski definition) is 2. The van der Waals surface area contributed by atoms with Crippen LogP contribution in [0.3, 0.4) is 0 Å². The number of benzene rings is 1. The van der Waals surface area contributed by atoms with E-state index in [0.29, 0.717) is 6.54 Å². The smallest absolute Gasteiger partial charge is 0.155 e. The van der Waals surface area contributed by atoms with Gasteiger partial charge in [-0.05, 0) is 18.1 Å². The molecule has 2 aliphatic rings. The number of anilines is 1. The lowest BCUT2D eigenvalue weighted by atomic mass is 9.96. The van der Waals surface area contributed by atoms with E-state index in [1.165, 1.54) is 0 Å². The van der Waals surface area contributed by atoms with Gasteiger partial charge in [-0.15, -0.1) is 0 Å². The molecule has 2 heterocycles. The summed E-state index contributed by atoms with van der Waals surface area (Å²) in [4.78, 5) is 1.97. The second-order valence-corrected chi connectivity index (χ2v) is 7.61. The zero-order chi connectivity index (χ0) is 13.6. The average Bonchev–Trinajstić information content (AvgIpc) is 2.61. The van der Waals surface area contributed by atoms with Gasteiger partial charge in [0.25, 0.3) is 0 Å². The maximum absolute atomic E-state index is 11.7. The number of aliphatic hydroxyl groups is 1. The molecule has 0 spiro atoms. The summed E-state index contributed by atoms with van der Waals surface area (Å²) in [5, 5.41) is 10.0. The predicted molar refractivity (Wildman–Crippen MR) is 73.9 cm³/mol. The molecule has 1 aromatic rings. The fourth-order valence-corrected chi connectivity index (χ4v) is 4.88. The van der Waals surface area contributed by atoms with Crippen LogP contribution < -0.4 is 10.6 Å². The molecule has 0 saturated carbocycles. The summed E-state index contributed by atoms with van der Waals surface area (Å²) in [6, 6.07) is 7.47. The van der Waals surface area contributed by atoms with Gasteiger partial charge in [0.2, 0.25) is 0 Å². The zero-order valence-electron chi connectivity index (χ0n) is 10.6. The van der Waals surface area contributed by atoms with Crippen LogP contribution in [0.25, 0.3) is 0 Å². The molecule has 3 rings (SSSR count). The molecule has 3 atom stereocenters. The second kappa shape index (κ2) is 4.47. The Labute approximate surface area is 112 Å². The minimum absolute atomic E-state index is 0.00915. The maximum Gasteiger partial charge on any atom is 0.155 e. The van der Waals surface area contributed by atoms with Crippen LogP contribution in [0, 0.1) is 0 Å². The topological polar surface area (TPSA) is 83.6 Å². The van der Waals surface area contributed by atoms with Crippen LogP contribution in [0.4, 0.5) is 5.69 Å². The van der Waals surface area contributed by atoms with E-state index in [9.17, 15) is 13.5 Å².